The Morgan fingerprint density at radius 1 is 0.963 bits per heavy atom. The zero-order valence-corrected chi connectivity index (χ0v) is 15.2. The first-order valence-electron chi connectivity index (χ1n) is 8.26. The number of hydrogen-bond donors (Lipinski definition) is 2. The summed E-state index contributed by atoms with van der Waals surface area (Å²) < 4.78 is 27.8. The molecule has 0 radical (unpaired) electrons. The van der Waals surface area contributed by atoms with Crippen molar-refractivity contribution in [2.45, 2.75) is 4.90 Å². The van der Waals surface area contributed by atoms with Crippen molar-refractivity contribution in [3.05, 3.63) is 59.7 Å². The summed E-state index contributed by atoms with van der Waals surface area (Å²) in [6, 6.07) is 12.0. The number of sulfonamides is 1. The van der Waals surface area contributed by atoms with Gasteiger partial charge >= 0.3 is 0 Å². The van der Waals surface area contributed by atoms with Crippen molar-refractivity contribution in [3.63, 3.8) is 0 Å². The number of carbonyl (C=O) groups excluding carboxylic acids is 2. The molecule has 0 atom stereocenters. The maximum Gasteiger partial charge on any atom is 0.256 e. The van der Waals surface area contributed by atoms with Crippen LogP contribution in [0.25, 0.3) is 0 Å². The van der Waals surface area contributed by atoms with Crippen LogP contribution in [0.2, 0.25) is 0 Å². The molecule has 142 valence electrons. The number of ether oxygens (including phenoxy) is 1. The molecule has 0 saturated carbocycles. The Bertz CT molecular complexity index is 951. The number of carbonyl (C=O) groups is 2. The molecule has 3 rings (SSSR count). The molecule has 2 aromatic rings. The Morgan fingerprint density at radius 3 is 2.15 bits per heavy atom. The number of nitrogens with zero attached hydrogens (tertiary/aromatic N) is 1. The van der Waals surface area contributed by atoms with Crippen LogP contribution in [-0.2, 0) is 14.8 Å². The van der Waals surface area contributed by atoms with Gasteiger partial charge in [0, 0.05) is 18.8 Å². The maximum absolute atomic E-state index is 12.7. The van der Waals surface area contributed by atoms with Crippen molar-refractivity contribution in [1.82, 2.24) is 4.90 Å². The molecule has 1 aliphatic heterocycles. The number of amides is 2. The number of benzene rings is 2. The molecular weight excluding hydrogens is 370 g/mol. The molecule has 1 aliphatic rings. The fraction of sp³-hybridized carbons (Fsp3) is 0.222. The predicted octanol–water partition coefficient (Wildman–Crippen LogP) is 1.06. The van der Waals surface area contributed by atoms with E-state index in [0.717, 1.165) is 0 Å². The molecule has 2 aromatic carbocycles. The second kappa shape index (κ2) is 7.87. The van der Waals surface area contributed by atoms with Crippen LogP contribution in [0, 0.1) is 0 Å². The number of anilines is 1. The van der Waals surface area contributed by atoms with E-state index in [-0.39, 0.29) is 16.4 Å². The molecule has 0 spiro atoms. The zero-order valence-electron chi connectivity index (χ0n) is 14.4. The average Bonchev–Trinajstić information content (AvgIpc) is 2.68. The van der Waals surface area contributed by atoms with Crippen LogP contribution in [0.3, 0.4) is 0 Å². The summed E-state index contributed by atoms with van der Waals surface area (Å²) in [6.45, 7) is 1.89. The lowest BCUT2D eigenvalue weighted by molar-refractivity contribution is 0.0302. The number of nitrogens with two attached hydrogens (primary N) is 1. The van der Waals surface area contributed by atoms with Gasteiger partial charge in [-0.15, -0.1) is 0 Å². The Kier molecular flexibility index (Phi) is 5.54. The summed E-state index contributed by atoms with van der Waals surface area (Å²) >= 11 is 0. The topological polar surface area (TPSA) is 119 Å². The summed E-state index contributed by atoms with van der Waals surface area (Å²) in [5.74, 6) is -0.691. The van der Waals surface area contributed by atoms with Gasteiger partial charge in [0.15, 0.2) is 0 Å². The first-order valence-corrected chi connectivity index (χ1v) is 9.81. The molecule has 0 bridgehead atoms. The molecule has 2 amide bonds. The zero-order chi connectivity index (χ0) is 19.4. The molecule has 1 fully saturated rings. The number of hydrogen-bond acceptors (Lipinski definition) is 5. The minimum atomic E-state index is -3.80. The van der Waals surface area contributed by atoms with Crippen molar-refractivity contribution in [2.24, 2.45) is 5.14 Å². The van der Waals surface area contributed by atoms with Crippen LogP contribution in [-0.4, -0.2) is 51.4 Å². The lowest BCUT2D eigenvalue weighted by atomic mass is 10.0. The number of morpholine rings is 1. The molecule has 1 heterocycles. The van der Waals surface area contributed by atoms with E-state index in [2.05, 4.69) is 5.32 Å². The van der Waals surface area contributed by atoms with Crippen molar-refractivity contribution in [1.29, 1.82) is 0 Å². The van der Waals surface area contributed by atoms with E-state index in [4.69, 9.17) is 9.88 Å². The van der Waals surface area contributed by atoms with Gasteiger partial charge in [0.2, 0.25) is 10.0 Å². The monoisotopic (exact) mass is 389 g/mol. The van der Waals surface area contributed by atoms with Gasteiger partial charge in [0.25, 0.3) is 11.8 Å². The molecule has 0 aliphatic carbocycles. The van der Waals surface area contributed by atoms with Crippen molar-refractivity contribution in [2.75, 3.05) is 31.6 Å². The van der Waals surface area contributed by atoms with Gasteiger partial charge in [-0.3, -0.25) is 9.59 Å². The van der Waals surface area contributed by atoms with Gasteiger partial charge in [-0.2, -0.15) is 0 Å². The van der Waals surface area contributed by atoms with Crippen molar-refractivity contribution >= 4 is 27.5 Å². The third kappa shape index (κ3) is 4.51. The normalized spacial score (nSPS) is 14.6. The van der Waals surface area contributed by atoms with Gasteiger partial charge < -0.3 is 15.0 Å². The van der Waals surface area contributed by atoms with E-state index in [1.807, 2.05) is 0 Å². The highest BCUT2D eigenvalue weighted by Crippen LogP contribution is 2.17. The molecule has 0 aromatic heterocycles. The summed E-state index contributed by atoms with van der Waals surface area (Å²) in [7, 11) is -3.80. The van der Waals surface area contributed by atoms with Gasteiger partial charge in [0.05, 0.1) is 29.2 Å². The third-order valence-corrected chi connectivity index (χ3v) is 5.07. The number of nitrogens with one attached hydrogen (secondary N) is 1. The van der Waals surface area contributed by atoms with Crippen molar-refractivity contribution in [3.8, 4) is 0 Å². The molecule has 8 nitrogen and oxygen atoms in total. The van der Waals surface area contributed by atoms with Crippen LogP contribution >= 0.6 is 0 Å². The van der Waals surface area contributed by atoms with E-state index in [1.165, 1.54) is 24.3 Å². The Hall–Kier alpha value is -2.75. The Balaban J connectivity index is 1.80. The van der Waals surface area contributed by atoms with Crippen LogP contribution in [0.5, 0.6) is 0 Å². The average molecular weight is 389 g/mol. The lowest BCUT2D eigenvalue weighted by Gasteiger charge is -2.27. The van der Waals surface area contributed by atoms with Crippen LogP contribution in [0.1, 0.15) is 20.7 Å². The summed E-state index contributed by atoms with van der Waals surface area (Å²) in [6.07, 6.45) is 0. The minimum Gasteiger partial charge on any atom is -0.378 e. The summed E-state index contributed by atoms with van der Waals surface area (Å²) in [5, 5.41) is 7.72. The molecule has 9 heteroatoms. The Labute approximate surface area is 157 Å². The van der Waals surface area contributed by atoms with Crippen LogP contribution in [0.15, 0.2) is 53.4 Å². The minimum absolute atomic E-state index is 0.0524. The lowest BCUT2D eigenvalue weighted by Crippen LogP contribution is -2.41. The second-order valence-corrected chi connectivity index (χ2v) is 7.54. The van der Waals surface area contributed by atoms with Gasteiger partial charge in [0.1, 0.15) is 0 Å². The third-order valence-electron chi connectivity index (χ3n) is 4.14. The SMILES string of the molecule is NS(=O)(=O)c1ccc(NC(=O)c2ccccc2C(=O)N2CCOCC2)cc1. The molecule has 0 unspecified atom stereocenters. The van der Waals surface area contributed by atoms with Gasteiger partial charge in [-0.25, -0.2) is 13.6 Å². The van der Waals surface area contributed by atoms with E-state index in [0.29, 0.717) is 37.6 Å². The second-order valence-electron chi connectivity index (χ2n) is 5.97. The van der Waals surface area contributed by atoms with E-state index in [9.17, 15) is 18.0 Å². The van der Waals surface area contributed by atoms with E-state index >= 15 is 0 Å². The fourth-order valence-electron chi connectivity index (χ4n) is 2.73. The summed E-state index contributed by atoms with van der Waals surface area (Å²) in [5.41, 5.74) is 0.934. The van der Waals surface area contributed by atoms with Crippen molar-refractivity contribution < 1.29 is 22.7 Å². The highest BCUT2D eigenvalue weighted by molar-refractivity contribution is 7.89. The maximum atomic E-state index is 12.7. The fourth-order valence-corrected chi connectivity index (χ4v) is 3.25. The molecular formula is C18H19N3O5S. The molecule has 3 N–H and O–H groups in total. The van der Waals surface area contributed by atoms with Crippen LogP contribution in [0.4, 0.5) is 5.69 Å². The largest absolute Gasteiger partial charge is 0.378 e. The highest BCUT2D eigenvalue weighted by atomic mass is 32.2. The smallest absolute Gasteiger partial charge is 0.256 e. The van der Waals surface area contributed by atoms with E-state index in [1.54, 1.807) is 29.2 Å². The molecule has 27 heavy (non-hydrogen) atoms. The first-order chi connectivity index (χ1) is 12.9. The standard InChI is InChI=1S/C18H19N3O5S/c19-27(24,25)14-7-5-13(6-8-14)20-17(22)15-3-1-2-4-16(15)18(23)21-9-11-26-12-10-21/h1-8H,9-12H2,(H,20,22)(H2,19,24,25). The van der Waals surface area contributed by atoms with Gasteiger partial charge in [-0.05, 0) is 36.4 Å². The van der Waals surface area contributed by atoms with Crippen LogP contribution < -0.4 is 10.5 Å². The summed E-state index contributed by atoms with van der Waals surface area (Å²) in [4.78, 5) is 27.0. The highest BCUT2D eigenvalue weighted by Gasteiger charge is 2.23. The predicted molar refractivity (Wildman–Crippen MR) is 98.9 cm³/mol. The Morgan fingerprint density at radius 2 is 1.56 bits per heavy atom. The van der Waals surface area contributed by atoms with Gasteiger partial charge in [-0.1, -0.05) is 12.1 Å². The number of primary sulfonamides is 1. The molecule has 1 saturated heterocycles. The first kappa shape index (κ1) is 19.0. The number of rotatable bonds is 4. The quantitative estimate of drug-likeness (QED) is 0.810. The van der Waals surface area contributed by atoms with E-state index < -0.39 is 15.9 Å².